The summed E-state index contributed by atoms with van der Waals surface area (Å²) in [5, 5.41) is 3.70. The van der Waals surface area contributed by atoms with Gasteiger partial charge in [0.05, 0.1) is 11.9 Å². The SMILES string of the molecule is C=Cc1nc(C)cn1N=C. The standard InChI is InChI=1S/C7H9N3/c1-4-7-9-6(2)5-10(7)8-3/h4-5H,1,3H2,2H3. The van der Waals surface area contributed by atoms with Gasteiger partial charge in [-0.2, -0.15) is 5.10 Å². The Labute approximate surface area is 59.7 Å². The molecule has 0 amide bonds. The molecule has 3 nitrogen and oxygen atoms in total. The minimum atomic E-state index is 0.729. The third-order valence-electron chi connectivity index (χ3n) is 1.17. The Morgan fingerprint density at radius 1 is 1.80 bits per heavy atom. The molecule has 0 aliphatic rings. The number of nitrogens with zero attached hydrogens (tertiary/aromatic N) is 3. The highest BCUT2D eigenvalue weighted by Crippen LogP contribution is 2.01. The molecule has 10 heavy (non-hydrogen) atoms. The van der Waals surface area contributed by atoms with E-state index in [4.69, 9.17) is 0 Å². The second-order valence-electron chi connectivity index (χ2n) is 1.93. The number of hydrogen-bond donors (Lipinski definition) is 0. The lowest BCUT2D eigenvalue weighted by Gasteiger charge is -1.90. The van der Waals surface area contributed by atoms with Gasteiger partial charge in [-0.15, -0.1) is 0 Å². The molecule has 52 valence electrons. The lowest BCUT2D eigenvalue weighted by atomic mass is 10.6. The van der Waals surface area contributed by atoms with Crippen molar-refractivity contribution in [3.63, 3.8) is 0 Å². The molecule has 1 heterocycles. The number of rotatable bonds is 2. The molecule has 0 aliphatic heterocycles. The zero-order valence-electron chi connectivity index (χ0n) is 5.91. The van der Waals surface area contributed by atoms with Crippen LogP contribution in [0.2, 0.25) is 0 Å². The van der Waals surface area contributed by atoms with Crippen LogP contribution < -0.4 is 0 Å². The van der Waals surface area contributed by atoms with E-state index in [1.807, 2.05) is 6.92 Å². The zero-order chi connectivity index (χ0) is 7.56. The second-order valence-corrected chi connectivity index (χ2v) is 1.93. The molecule has 3 heteroatoms. The molecular formula is C7H9N3. The summed E-state index contributed by atoms with van der Waals surface area (Å²) in [5.41, 5.74) is 0.919. The Balaban J connectivity index is 3.20. The van der Waals surface area contributed by atoms with E-state index in [0.717, 1.165) is 11.5 Å². The normalized spacial score (nSPS) is 9.30. The Bertz CT molecular complexity index is 234. The molecule has 0 aliphatic carbocycles. The van der Waals surface area contributed by atoms with Crippen LogP contribution in [0.5, 0.6) is 0 Å². The summed E-state index contributed by atoms with van der Waals surface area (Å²) < 4.78 is 1.59. The maximum atomic E-state index is 4.11. The number of aryl methyl sites for hydroxylation is 1. The van der Waals surface area contributed by atoms with E-state index < -0.39 is 0 Å². The van der Waals surface area contributed by atoms with Crippen LogP contribution in [0.1, 0.15) is 11.5 Å². The van der Waals surface area contributed by atoms with Gasteiger partial charge in [0.15, 0.2) is 5.82 Å². The number of aromatic nitrogens is 2. The van der Waals surface area contributed by atoms with Crippen LogP contribution >= 0.6 is 0 Å². The van der Waals surface area contributed by atoms with E-state index in [9.17, 15) is 0 Å². The van der Waals surface area contributed by atoms with Crippen LogP contribution in [0.3, 0.4) is 0 Å². The topological polar surface area (TPSA) is 30.2 Å². The molecule has 0 radical (unpaired) electrons. The van der Waals surface area contributed by atoms with Crippen LogP contribution in [-0.2, 0) is 0 Å². The fraction of sp³-hybridized carbons (Fsp3) is 0.143. The first-order valence-corrected chi connectivity index (χ1v) is 2.93. The summed E-state index contributed by atoms with van der Waals surface area (Å²) in [5.74, 6) is 0.729. The minimum Gasteiger partial charge on any atom is -0.232 e. The molecule has 1 aromatic heterocycles. The van der Waals surface area contributed by atoms with Crippen molar-refractivity contribution in [2.45, 2.75) is 6.92 Å². The monoisotopic (exact) mass is 135 g/mol. The van der Waals surface area contributed by atoms with Crippen molar-refractivity contribution >= 4 is 12.8 Å². The van der Waals surface area contributed by atoms with Crippen LogP contribution in [0.4, 0.5) is 0 Å². The molecule has 0 spiro atoms. The third-order valence-corrected chi connectivity index (χ3v) is 1.17. The van der Waals surface area contributed by atoms with Gasteiger partial charge in [0, 0.05) is 6.72 Å². The summed E-state index contributed by atoms with van der Waals surface area (Å²) in [6.45, 7) is 8.86. The average Bonchev–Trinajstić information content (AvgIpc) is 2.30. The van der Waals surface area contributed by atoms with Gasteiger partial charge >= 0.3 is 0 Å². The van der Waals surface area contributed by atoms with Crippen LogP contribution in [0, 0.1) is 6.92 Å². The van der Waals surface area contributed by atoms with Gasteiger partial charge in [-0.1, -0.05) is 6.58 Å². The molecule has 0 saturated carbocycles. The molecule has 0 fully saturated rings. The summed E-state index contributed by atoms with van der Waals surface area (Å²) in [6.07, 6.45) is 3.44. The van der Waals surface area contributed by atoms with Crippen molar-refractivity contribution in [2.24, 2.45) is 5.10 Å². The molecule has 0 saturated heterocycles. The van der Waals surface area contributed by atoms with Crippen LogP contribution in [0.15, 0.2) is 17.9 Å². The molecular weight excluding hydrogens is 126 g/mol. The van der Waals surface area contributed by atoms with E-state index in [1.54, 1.807) is 16.9 Å². The zero-order valence-corrected chi connectivity index (χ0v) is 5.91. The maximum absolute atomic E-state index is 4.11. The van der Waals surface area contributed by atoms with Gasteiger partial charge in [0.25, 0.3) is 0 Å². The maximum Gasteiger partial charge on any atom is 0.153 e. The van der Waals surface area contributed by atoms with E-state index in [2.05, 4.69) is 23.4 Å². The smallest absolute Gasteiger partial charge is 0.153 e. The van der Waals surface area contributed by atoms with Gasteiger partial charge < -0.3 is 0 Å². The molecule has 0 N–H and O–H groups in total. The average molecular weight is 135 g/mol. The first-order chi connectivity index (χ1) is 4.77. The fourth-order valence-corrected chi connectivity index (χ4v) is 0.756. The van der Waals surface area contributed by atoms with E-state index in [-0.39, 0.29) is 0 Å². The van der Waals surface area contributed by atoms with Crippen molar-refractivity contribution in [1.82, 2.24) is 9.66 Å². The fourth-order valence-electron chi connectivity index (χ4n) is 0.756. The van der Waals surface area contributed by atoms with Gasteiger partial charge in [-0.25, -0.2) is 9.66 Å². The third kappa shape index (κ3) is 0.978. The quantitative estimate of drug-likeness (QED) is 0.562. The Kier molecular flexibility index (Phi) is 1.67. The Morgan fingerprint density at radius 2 is 2.50 bits per heavy atom. The summed E-state index contributed by atoms with van der Waals surface area (Å²) in [7, 11) is 0. The Hall–Kier alpha value is -1.38. The first kappa shape index (κ1) is 6.74. The molecule has 0 bridgehead atoms. The first-order valence-electron chi connectivity index (χ1n) is 2.93. The minimum absolute atomic E-state index is 0.729. The van der Waals surface area contributed by atoms with Crippen molar-refractivity contribution in [3.05, 3.63) is 24.3 Å². The van der Waals surface area contributed by atoms with Crippen LogP contribution in [-0.4, -0.2) is 16.4 Å². The summed E-state index contributed by atoms with van der Waals surface area (Å²) in [4.78, 5) is 4.11. The van der Waals surface area contributed by atoms with E-state index >= 15 is 0 Å². The van der Waals surface area contributed by atoms with Gasteiger partial charge in [-0.05, 0) is 13.0 Å². The van der Waals surface area contributed by atoms with Crippen molar-refractivity contribution in [1.29, 1.82) is 0 Å². The number of hydrogen-bond acceptors (Lipinski definition) is 2. The summed E-state index contributed by atoms with van der Waals surface area (Å²) >= 11 is 0. The molecule has 0 atom stereocenters. The predicted octanol–water partition coefficient (Wildman–Crippen LogP) is 1.30. The van der Waals surface area contributed by atoms with Gasteiger partial charge in [0.2, 0.25) is 0 Å². The molecule has 1 aromatic rings. The summed E-state index contributed by atoms with van der Waals surface area (Å²) in [6, 6.07) is 0. The lowest BCUT2D eigenvalue weighted by Crippen LogP contribution is -1.87. The molecule has 0 unspecified atom stereocenters. The number of imidazole rings is 1. The van der Waals surface area contributed by atoms with Crippen molar-refractivity contribution < 1.29 is 0 Å². The van der Waals surface area contributed by atoms with Gasteiger partial charge in [-0.3, -0.25) is 0 Å². The predicted molar refractivity (Wildman–Crippen MR) is 42.0 cm³/mol. The highest BCUT2D eigenvalue weighted by molar-refractivity contribution is 5.38. The van der Waals surface area contributed by atoms with Gasteiger partial charge in [0.1, 0.15) is 0 Å². The highest BCUT2D eigenvalue weighted by atomic mass is 15.4. The molecule has 0 aromatic carbocycles. The van der Waals surface area contributed by atoms with E-state index in [0.29, 0.717) is 0 Å². The lowest BCUT2D eigenvalue weighted by molar-refractivity contribution is 0.872. The molecule has 1 rings (SSSR count). The largest absolute Gasteiger partial charge is 0.232 e. The Morgan fingerprint density at radius 3 is 2.90 bits per heavy atom. The van der Waals surface area contributed by atoms with Crippen molar-refractivity contribution in [2.75, 3.05) is 0 Å². The van der Waals surface area contributed by atoms with E-state index in [1.165, 1.54) is 0 Å². The van der Waals surface area contributed by atoms with Crippen molar-refractivity contribution in [3.8, 4) is 0 Å². The second kappa shape index (κ2) is 2.47. The van der Waals surface area contributed by atoms with Crippen LogP contribution in [0.25, 0.3) is 6.08 Å². The highest BCUT2D eigenvalue weighted by Gasteiger charge is 1.97.